The highest BCUT2D eigenvalue weighted by Gasteiger charge is 2.27. The van der Waals surface area contributed by atoms with Crippen molar-refractivity contribution in [1.82, 2.24) is 15.0 Å². The van der Waals surface area contributed by atoms with E-state index in [-0.39, 0.29) is 0 Å². The van der Waals surface area contributed by atoms with Crippen molar-refractivity contribution >= 4 is 71.3 Å². The Bertz CT molecular complexity index is 3380. The number of benzene rings is 9. The maximum Gasteiger partial charge on any atom is 0.164 e. The molecule has 0 radical (unpaired) electrons. The van der Waals surface area contributed by atoms with E-state index in [2.05, 4.69) is 126 Å². The lowest BCUT2D eigenvalue weighted by Crippen LogP contribution is -2.15. The minimum atomic E-state index is 0.613. The van der Waals surface area contributed by atoms with E-state index in [1.165, 1.54) is 44.0 Å². The first-order valence-electron chi connectivity index (χ1n) is 18.8. The highest BCUT2D eigenvalue weighted by atomic mass is 16.3. The van der Waals surface area contributed by atoms with Crippen LogP contribution in [0.4, 0.5) is 17.1 Å². The third kappa shape index (κ3) is 4.71. The Kier molecular flexibility index (Phi) is 6.56. The largest absolute Gasteiger partial charge is 0.456 e. The summed E-state index contributed by atoms with van der Waals surface area (Å²) in [6, 6.07) is 64.1. The first kappa shape index (κ1) is 30.8. The zero-order valence-corrected chi connectivity index (χ0v) is 30.0. The lowest BCUT2D eigenvalue weighted by molar-refractivity contribution is 0.669. The topological polar surface area (TPSA) is 55.1 Å². The number of anilines is 3. The van der Waals surface area contributed by atoms with Crippen LogP contribution in [0.2, 0.25) is 0 Å². The van der Waals surface area contributed by atoms with Gasteiger partial charge < -0.3 is 9.32 Å². The summed E-state index contributed by atoms with van der Waals surface area (Å²) in [4.78, 5) is 17.6. The van der Waals surface area contributed by atoms with Crippen LogP contribution in [0.1, 0.15) is 0 Å². The van der Waals surface area contributed by atoms with Crippen LogP contribution in [0.25, 0.3) is 99.5 Å². The maximum atomic E-state index is 6.13. The fourth-order valence-electron chi connectivity index (χ4n) is 8.58. The summed E-state index contributed by atoms with van der Waals surface area (Å²) in [5.74, 6) is 1.86. The van der Waals surface area contributed by atoms with E-state index < -0.39 is 0 Å². The molecule has 0 aliphatic carbocycles. The monoisotopic (exact) mass is 714 g/mol. The van der Waals surface area contributed by atoms with Gasteiger partial charge in [0, 0.05) is 44.1 Å². The second kappa shape index (κ2) is 11.9. The van der Waals surface area contributed by atoms with Crippen LogP contribution in [0.15, 0.2) is 186 Å². The van der Waals surface area contributed by atoms with Gasteiger partial charge in [-0.25, -0.2) is 15.0 Å². The van der Waals surface area contributed by atoms with Gasteiger partial charge in [-0.15, -0.1) is 0 Å². The highest BCUT2D eigenvalue weighted by molar-refractivity contribution is 6.19. The van der Waals surface area contributed by atoms with Crippen molar-refractivity contribution in [3.8, 4) is 45.3 Å². The second-order valence-electron chi connectivity index (χ2n) is 14.4. The molecule has 5 heteroatoms. The molecule has 1 aliphatic heterocycles. The van der Waals surface area contributed by atoms with E-state index in [0.29, 0.717) is 17.5 Å². The molecular weight excluding hydrogens is 685 g/mol. The molecule has 56 heavy (non-hydrogen) atoms. The number of aromatic nitrogens is 3. The van der Waals surface area contributed by atoms with Crippen molar-refractivity contribution in [2.45, 2.75) is 0 Å². The fraction of sp³-hybridized carbons (Fsp3) is 0. The van der Waals surface area contributed by atoms with Crippen LogP contribution < -0.4 is 4.90 Å². The molecule has 0 fully saturated rings. The van der Waals surface area contributed by atoms with Crippen molar-refractivity contribution in [2.75, 3.05) is 4.90 Å². The zero-order valence-electron chi connectivity index (χ0n) is 30.0. The average molecular weight is 715 g/mol. The summed E-state index contributed by atoms with van der Waals surface area (Å²) in [6.45, 7) is 0. The molecule has 5 nitrogen and oxygen atoms in total. The number of nitrogens with zero attached hydrogens (tertiary/aromatic N) is 4. The van der Waals surface area contributed by atoms with E-state index >= 15 is 0 Å². The number of hydrogen-bond acceptors (Lipinski definition) is 5. The normalized spacial score (nSPS) is 12.2. The first-order valence-corrected chi connectivity index (χ1v) is 18.8. The van der Waals surface area contributed by atoms with Crippen molar-refractivity contribution in [3.05, 3.63) is 182 Å². The predicted molar refractivity (Wildman–Crippen MR) is 230 cm³/mol. The summed E-state index contributed by atoms with van der Waals surface area (Å²) in [7, 11) is 0. The van der Waals surface area contributed by atoms with E-state index in [0.717, 1.165) is 55.1 Å². The Morgan fingerprint density at radius 1 is 0.375 bits per heavy atom. The summed E-state index contributed by atoms with van der Waals surface area (Å²) in [5.41, 5.74) is 10.5. The fourth-order valence-corrected chi connectivity index (χ4v) is 8.58. The van der Waals surface area contributed by atoms with Gasteiger partial charge >= 0.3 is 0 Å². The van der Waals surface area contributed by atoms with Crippen LogP contribution in [0, 0.1) is 0 Å². The molecule has 260 valence electrons. The molecule has 12 rings (SSSR count). The van der Waals surface area contributed by atoms with Gasteiger partial charge in [0.05, 0.1) is 11.4 Å². The lowest BCUT2D eigenvalue weighted by Gasteiger charge is -2.34. The quantitative estimate of drug-likeness (QED) is 0.182. The molecule has 9 aromatic carbocycles. The molecule has 1 aliphatic rings. The smallest absolute Gasteiger partial charge is 0.164 e. The molecule has 0 bridgehead atoms. The number of furan rings is 1. The second-order valence-corrected chi connectivity index (χ2v) is 14.4. The summed E-state index contributed by atoms with van der Waals surface area (Å²) < 4.78 is 6.13. The van der Waals surface area contributed by atoms with Crippen LogP contribution in [-0.4, -0.2) is 15.0 Å². The summed E-state index contributed by atoms with van der Waals surface area (Å²) in [5, 5.41) is 9.34. The third-order valence-corrected chi connectivity index (χ3v) is 11.2. The van der Waals surface area contributed by atoms with Gasteiger partial charge in [-0.05, 0) is 87.1 Å². The van der Waals surface area contributed by atoms with Crippen molar-refractivity contribution in [1.29, 1.82) is 0 Å². The number of para-hydroxylation sites is 1. The number of rotatable bonds is 4. The van der Waals surface area contributed by atoms with Crippen molar-refractivity contribution in [3.63, 3.8) is 0 Å². The van der Waals surface area contributed by atoms with Crippen LogP contribution >= 0.6 is 0 Å². The molecule has 11 aromatic rings. The molecule has 0 amide bonds. The molecule has 0 saturated carbocycles. The summed E-state index contributed by atoms with van der Waals surface area (Å²) in [6.07, 6.45) is 0. The Labute approximate surface area is 321 Å². The van der Waals surface area contributed by atoms with E-state index in [1.54, 1.807) is 0 Å². The maximum absolute atomic E-state index is 6.13. The van der Waals surface area contributed by atoms with E-state index in [4.69, 9.17) is 19.4 Å². The van der Waals surface area contributed by atoms with Gasteiger partial charge in [0.2, 0.25) is 0 Å². The molecule has 0 spiro atoms. The molecule has 0 saturated heterocycles. The lowest BCUT2D eigenvalue weighted by atomic mass is 9.87. The van der Waals surface area contributed by atoms with Crippen molar-refractivity contribution in [2.24, 2.45) is 0 Å². The Hall–Kier alpha value is -7.63. The van der Waals surface area contributed by atoms with Gasteiger partial charge in [0.25, 0.3) is 0 Å². The number of fused-ring (bicyclic) bond motifs is 8. The highest BCUT2D eigenvalue weighted by Crippen LogP contribution is 2.53. The Morgan fingerprint density at radius 2 is 1.02 bits per heavy atom. The van der Waals surface area contributed by atoms with Gasteiger partial charge in [-0.2, -0.15) is 0 Å². The standard InChI is InChI=1S/C51H30N4O/c1-2-11-33(12-3-1)49-52-50(54-51(53-49)37-24-27-46-42(30-37)40-16-6-7-19-45(40)56-46)36-21-20-35-29-38(25-22-34(35)28-36)55-43-18-9-14-32-13-8-17-41(47(32)43)48-39-15-5-4-10-31(39)23-26-44(48)55/h1-30H. The molecular formula is C51H30N4O. The van der Waals surface area contributed by atoms with E-state index in [9.17, 15) is 0 Å². The zero-order chi connectivity index (χ0) is 36.7. The minimum absolute atomic E-state index is 0.613. The molecule has 0 atom stereocenters. The Balaban J connectivity index is 0.998. The Morgan fingerprint density at radius 3 is 1.89 bits per heavy atom. The third-order valence-electron chi connectivity index (χ3n) is 11.2. The van der Waals surface area contributed by atoms with Gasteiger partial charge in [0.15, 0.2) is 17.5 Å². The van der Waals surface area contributed by atoms with Crippen LogP contribution in [0.3, 0.4) is 0 Å². The predicted octanol–water partition coefficient (Wildman–Crippen LogP) is 13.7. The van der Waals surface area contributed by atoms with Crippen LogP contribution in [-0.2, 0) is 0 Å². The number of hydrogen-bond donors (Lipinski definition) is 0. The SMILES string of the molecule is c1ccc(-c2nc(-c3ccc4cc(N5c6ccc7ccccc7c6-c6cccc7cccc5c67)ccc4c3)nc(-c3ccc4oc5ccccc5c4c3)n2)cc1. The minimum Gasteiger partial charge on any atom is -0.456 e. The van der Waals surface area contributed by atoms with Crippen LogP contribution in [0.5, 0.6) is 0 Å². The molecule has 0 unspecified atom stereocenters. The first-order chi connectivity index (χ1) is 27.7. The van der Waals surface area contributed by atoms with Gasteiger partial charge in [-0.3, -0.25) is 0 Å². The van der Waals surface area contributed by atoms with Gasteiger partial charge in [-0.1, -0.05) is 127 Å². The molecule has 0 N–H and O–H groups in total. The van der Waals surface area contributed by atoms with Gasteiger partial charge in [0.1, 0.15) is 11.2 Å². The summed E-state index contributed by atoms with van der Waals surface area (Å²) >= 11 is 0. The average Bonchev–Trinajstić information content (AvgIpc) is 3.64. The molecule has 2 aromatic heterocycles. The van der Waals surface area contributed by atoms with Crippen molar-refractivity contribution < 1.29 is 4.42 Å². The van der Waals surface area contributed by atoms with E-state index in [1.807, 2.05) is 60.7 Å². The molecule has 3 heterocycles.